The van der Waals surface area contributed by atoms with Crippen LogP contribution in [0.1, 0.15) is 5.56 Å². The molecule has 0 saturated carbocycles. The van der Waals surface area contributed by atoms with E-state index >= 15 is 0 Å². The molecule has 3 aromatic heterocycles. The average molecular weight is 315 g/mol. The van der Waals surface area contributed by atoms with Crippen molar-refractivity contribution >= 4 is 32.7 Å². The van der Waals surface area contributed by atoms with Crippen LogP contribution in [0.5, 0.6) is 0 Å². The Hall–Kier alpha value is -2.01. The van der Waals surface area contributed by atoms with Crippen LogP contribution in [0.25, 0.3) is 11.0 Å². The molecular formula is C14H11BrN4. The van der Waals surface area contributed by atoms with Gasteiger partial charge in [-0.15, -0.1) is 0 Å². The molecule has 3 rings (SSSR count). The number of fused-ring (bicyclic) bond motifs is 1. The minimum Gasteiger partial charge on any atom is -0.379 e. The molecule has 0 unspecified atom stereocenters. The van der Waals surface area contributed by atoms with Crippen LogP contribution in [0, 0.1) is 0 Å². The summed E-state index contributed by atoms with van der Waals surface area (Å²) < 4.78 is 0.928. The maximum atomic E-state index is 4.41. The predicted octanol–water partition coefficient (Wildman–Crippen LogP) is 3.40. The molecule has 1 N–H and O–H groups in total. The number of pyridine rings is 3. The van der Waals surface area contributed by atoms with Crippen molar-refractivity contribution in [2.45, 2.75) is 6.54 Å². The van der Waals surface area contributed by atoms with Crippen LogP contribution in [0.15, 0.2) is 53.5 Å². The van der Waals surface area contributed by atoms with Crippen molar-refractivity contribution in [2.75, 3.05) is 5.32 Å². The Morgan fingerprint density at radius 3 is 2.89 bits per heavy atom. The summed E-state index contributed by atoms with van der Waals surface area (Å²) in [5.74, 6) is 0. The number of aromatic nitrogens is 3. The molecule has 0 radical (unpaired) electrons. The zero-order valence-electron chi connectivity index (χ0n) is 10.0. The normalized spacial score (nSPS) is 10.6. The van der Waals surface area contributed by atoms with E-state index in [1.165, 1.54) is 0 Å². The fraction of sp³-hybridized carbons (Fsp3) is 0.0714. The highest BCUT2D eigenvalue weighted by molar-refractivity contribution is 9.10. The molecule has 3 aromatic rings. The minimum atomic E-state index is 0.713. The summed E-state index contributed by atoms with van der Waals surface area (Å²) in [5, 5.41) is 3.37. The Bertz CT molecular complexity index is 700. The van der Waals surface area contributed by atoms with Crippen LogP contribution in [-0.2, 0) is 6.54 Å². The van der Waals surface area contributed by atoms with E-state index in [1.54, 1.807) is 18.6 Å². The van der Waals surface area contributed by atoms with Crippen molar-refractivity contribution in [3.05, 3.63) is 59.1 Å². The van der Waals surface area contributed by atoms with E-state index in [9.17, 15) is 0 Å². The van der Waals surface area contributed by atoms with Crippen LogP contribution in [0.3, 0.4) is 0 Å². The molecule has 0 atom stereocenters. The zero-order valence-corrected chi connectivity index (χ0v) is 11.6. The predicted molar refractivity (Wildman–Crippen MR) is 78.8 cm³/mol. The van der Waals surface area contributed by atoms with Gasteiger partial charge in [0.05, 0.1) is 11.2 Å². The van der Waals surface area contributed by atoms with Gasteiger partial charge in [0.2, 0.25) is 0 Å². The summed E-state index contributed by atoms with van der Waals surface area (Å²) in [6.45, 7) is 0.713. The van der Waals surface area contributed by atoms with Crippen molar-refractivity contribution in [1.82, 2.24) is 15.0 Å². The van der Waals surface area contributed by atoms with Gasteiger partial charge in [0, 0.05) is 35.8 Å². The van der Waals surface area contributed by atoms with Gasteiger partial charge >= 0.3 is 0 Å². The van der Waals surface area contributed by atoms with Crippen LogP contribution in [0.2, 0.25) is 0 Å². The van der Waals surface area contributed by atoms with Gasteiger partial charge in [-0.05, 0) is 39.7 Å². The van der Waals surface area contributed by atoms with Crippen molar-refractivity contribution in [2.24, 2.45) is 0 Å². The van der Waals surface area contributed by atoms with Gasteiger partial charge in [-0.1, -0.05) is 6.07 Å². The molecule has 0 aliphatic heterocycles. The molecule has 0 bridgehead atoms. The molecule has 0 aliphatic rings. The molecule has 0 saturated heterocycles. The van der Waals surface area contributed by atoms with Crippen molar-refractivity contribution in [1.29, 1.82) is 0 Å². The number of hydrogen-bond acceptors (Lipinski definition) is 4. The summed E-state index contributed by atoms with van der Waals surface area (Å²) in [6, 6.07) is 7.85. The van der Waals surface area contributed by atoms with Crippen molar-refractivity contribution in [3.63, 3.8) is 0 Å². The maximum absolute atomic E-state index is 4.41. The first kappa shape index (κ1) is 12.0. The highest BCUT2D eigenvalue weighted by Crippen LogP contribution is 2.22. The Morgan fingerprint density at radius 2 is 2.05 bits per heavy atom. The van der Waals surface area contributed by atoms with E-state index in [4.69, 9.17) is 0 Å². The van der Waals surface area contributed by atoms with E-state index in [0.29, 0.717) is 6.54 Å². The van der Waals surface area contributed by atoms with Gasteiger partial charge in [0.25, 0.3) is 0 Å². The topological polar surface area (TPSA) is 50.7 Å². The fourth-order valence-corrected chi connectivity index (χ4v) is 2.17. The highest BCUT2D eigenvalue weighted by Gasteiger charge is 2.03. The van der Waals surface area contributed by atoms with Gasteiger partial charge in [-0.3, -0.25) is 15.0 Å². The summed E-state index contributed by atoms with van der Waals surface area (Å²) >= 11 is 3.40. The van der Waals surface area contributed by atoms with Crippen molar-refractivity contribution < 1.29 is 0 Å². The average Bonchev–Trinajstić information content (AvgIpc) is 2.45. The summed E-state index contributed by atoms with van der Waals surface area (Å²) in [7, 11) is 0. The van der Waals surface area contributed by atoms with Gasteiger partial charge in [0.15, 0.2) is 0 Å². The van der Waals surface area contributed by atoms with E-state index in [-0.39, 0.29) is 0 Å². The zero-order chi connectivity index (χ0) is 13.1. The number of rotatable bonds is 3. The molecule has 3 heterocycles. The lowest BCUT2D eigenvalue weighted by Gasteiger charge is -2.08. The molecule has 0 amide bonds. The molecule has 0 spiro atoms. The molecule has 0 fully saturated rings. The second-order valence-electron chi connectivity index (χ2n) is 4.09. The standard InChI is InChI=1S/C14H11BrN4/c15-11-6-13-14(19-9-11)12(3-5-17-13)18-8-10-2-1-4-16-7-10/h1-7,9H,8H2,(H,17,18). The Morgan fingerprint density at radius 1 is 1.11 bits per heavy atom. The smallest absolute Gasteiger partial charge is 0.112 e. The van der Waals surface area contributed by atoms with Crippen LogP contribution >= 0.6 is 15.9 Å². The lowest BCUT2D eigenvalue weighted by Crippen LogP contribution is -2.01. The third-order valence-electron chi connectivity index (χ3n) is 2.75. The fourth-order valence-electron chi connectivity index (χ4n) is 1.85. The minimum absolute atomic E-state index is 0.713. The SMILES string of the molecule is Brc1cnc2c(NCc3cccnc3)ccnc2c1. The number of anilines is 1. The summed E-state index contributed by atoms with van der Waals surface area (Å²) in [6.07, 6.45) is 7.17. The third-order valence-corrected chi connectivity index (χ3v) is 3.18. The largest absolute Gasteiger partial charge is 0.379 e. The molecular weight excluding hydrogens is 304 g/mol. The van der Waals surface area contributed by atoms with Gasteiger partial charge in [-0.2, -0.15) is 0 Å². The van der Waals surface area contributed by atoms with E-state index in [2.05, 4.69) is 36.2 Å². The molecule has 0 aliphatic carbocycles. The van der Waals surface area contributed by atoms with E-state index in [0.717, 1.165) is 26.8 Å². The summed E-state index contributed by atoms with van der Waals surface area (Å²) in [5.41, 5.74) is 3.84. The third kappa shape index (κ3) is 2.71. The number of halogens is 1. The number of nitrogens with one attached hydrogen (secondary N) is 1. The summed E-state index contributed by atoms with van der Waals surface area (Å²) in [4.78, 5) is 12.8. The van der Waals surface area contributed by atoms with E-state index < -0.39 is 0 Å². The maximum Gasteiger partial charge on any atom is 0.112 e. The Labute approximate surface area is 119 Å². The molecule has 5 heteroatoms. The second-order valence-corrected chi connectivity index (χ2v) is 5.01. The van der Waals surface area contributed by atoms with E-state index in [1.807, 2.05) is 30.5 Å². The van der Waals surface area contributed by atoms with Gasteiger partial charge in [-0.25, -0.2) is 0 Å². The second kappa shape index (κ2) is 5.32. The molecule has 19 heavy (non-hydrogen) atoms. The van der Waals surface area contributed by atoms with Crippen LogP contribution < -0.4 is 5.32 Å². The Kier molecular flexibility index (Phi) is 3.37. The van der Waals surface area contributed by atoms with Gasteiger partial charge < -0.3 is 5.32 Å². The molecule has 4 nitrogen and oxygen atoms in total. The first-order chi connectivity index (χ1) is 9.33. The monoisotopic (exact) mass is 314 g/mol. The van der Waals surface area contributed by atoms with Crippen molar-refractivity contribution in [3.8, 4) is 0 Å². The lowest BCUT2D eigenvalue weighted by molar-refractivity contribution is 1.11. The first-order valence-corrected chi connectivity index (χ1v) is 6.65. The number of hydrogen-bond donors (Lipinski definition) is 1. The quantitative estimate of drug-likeness (QED) is 0.805. The van der Waals surface area contributed by atoms with Crippen LogP contribution in [0.4, 0.5) is 5.69 Å². The highest BCUT2D eigenvalue weighted by atomic mass is 79.9. The molecule has 0 aromatic carbocycles. The lowest BCUT2D eigenvalue weighted by atomic mass is 10.2. The van der Waals surface area contributed by atoms with Crippen LogP contribution in [-0.4, -0.2) is 15.0 Å². The Balaban J connectivity index is 1.89. The first-order valence-electron chi connectivity index (χ1n) is 5.86. The molecule has 94 valence electrons. The number of nitrogens with zero attached hydrogens (tertiary/aromatic N) is 3. The van der Waals surface area contributed by atoms with Gasteiger partial charge in [0.1, 0.15) is 5.52 Å².